The molecule has 1 aromatic rings. The molecule has 2 rings (SSSR count). The molecule has 1 fully saturated rings. The van der Waals surface area contributed by atoms with Gasteiger partial charge in [0, 0.05) is 6.20 Å². The fourth-order valence-corrected chi connectivity index (χ4v) is 2.23. The Hall–Kier alpha value is -1.29. The van der Waals surface area contributed by atoms with Gasteiger partial charge >= 0.3 is 0 Å². The number of pyridine rings is 1. The summed E-state index contributed by atoms with van der Waals surface area (Å²) in [5.74, 6) is 1.49. The normalized spacial score (nSPS) is 24.4. The number of ether oxygens (including phenoxy) is 1. The van der Waals surface area contributed by atoms with Crippen molar-refractivity contribution in [1.82, 2.24) is 4.98 Å². The van der Waals surface area contributed by atoms with E-state index in [-0.39, 0.29) is 12.1 Å². The lowest BCUT2D eigenvalue weighted by Gasteiger charge is -2.29. The lowest BCUT2D eigenvalue weighted by molar-refractivity contribution is 0.116. The highest BCUT2D eigenvalue weighted by atomic mass is 16.5. The van der Waals surface area contributed by atoms with Crippen LogP contribution in [0.25, 0.3) is 0 Å². The predicted molar refractivity (Wildman–Crippen MR) is 67.3 cm³/mol. The van der Waals surface area contributed by atoms with Gasteiger partial charge in [0.15, 0.2) is 11.6 Å². The van der Waals surface area contributed by atoms with Gasteiger partial charge in [-0.05, 0) is 31.9 Å². The lowest BCUT2D eigenvalue weighted by atomic mass is 9.92. The zero-order chi connectivity index (χ0) is 12.1. The summed E-state index contributed by atoms with van der Waals surface area (Å²) in [6.07, 6.45) is 5.59. The van der Waals surface area contributed by atoms with E-state index in [0.717, 1.165) is 37.3 Å². The second-order valence-electron chi connectivity index (χ2n) is 4.39. The number of aliphatic hydroxyl groups is 1. The summed E-state index contributed by atoms with van der Waals surface area (Å²) in [6.45, 7) is 2.57. The van der Waals surface area contributed by atoms with Crippen molar-refractivity contribution < 1.29 is 9.84 Å². The molecule has 4 heteroatoms. The lowest BCUT2D eigenvalue weighted by Crippen LogP contribution is -2.36. The molecule has 0 saturated heterocycles. The Morgan fingerprint density at radius 3 is 3.06 bits per heavy atom. The molecule has 4 nitrogen and oxygen atoms in total. The van der Waals surface area contributed by atoms with Gasteiger partial charge in [0.1, 0.15) is 0 Å². The van der Waals surface area contributed by atoms with Crippen LogP contribution in [0.2, 0.25) is 0 Å². The number of hydrogen-bond acceptors (Lipinski definition) is 4. The number of aliphatic hydroxyl groups excluding tert-OH is 1. The van der Waals surface area contributed by atoms with Crippen LogP contribution < -0.4 is 10.1 Å². The Labute approximate surface area is 102 Å². The van der Waals surface area contributed by atoms with Crippen molar-refractivity contribution in [2.75, 3.05) is 11.9 Å². The Kier molecular flexibility index (Phi) is 4.20. The van der Waals surface area contributed by atoms with Gasteiger partial charge in [-0.25, -0.2) is 4.98 Å². The second-order valence-corrected chi connectivity index (χ2v) is 4.39. The van der Waals surface area contributed by atoms with Crippen molar-refractivity contribution in [1.29, 1.82) is 0 Å². The first-order valence-electron chi connectivity index (χ1n) is 6.33. The van der Waals surface area contributed by atoms with Crippen LogP contribution in [0.3, 0.4) is 0 Å². The quantitative estimate of drug-likeness (QED) is 0.841. The smallest absolute Gasteiger partial charge is 0.169 e. The Balaban J connectivity index is 2.06. The summed E-state index contributed by atoms with van der Waals surface area (Å²) < 4.78 is 5.51. The van der Waals surface area contributed by atoms with E-state index in [1.54, 1.807) is 6.20 Å². The molecule has 1 saturated carbocycles. The first kappa shape index (κ1) is 12.2. The largest absolute Gasteiger partial charge is 0.490 e. The maximum atomic E-state index is 9.92. The molecule has 0 radical (unpaired) electrons. The predicted octanol–water partition coefficient (Wildman–Crippen LogP) is 2.20. The fourth-order valence-electron chi connectivity index (χ4n) is 2.23. The van der Waals surface area contributed by atoms with Crippen molar-refractivity contribution in [3.05, 3.63) is 18.3 Å². The third kappa shape index (κ3) is 3.09. The average Bonchev–Trinajstić information content (AvgIpc) is 2.35. The summed E-state index contributed by atoms with van der Waals surface area (Å²) in [4.78, 5) is 4.28. The highest BCUT2D eigenvalue weighted by Gasteiger charge is 2.23. The van der Waals surface area contributed by atoms with Crippen LogP contribution in [0.4, 0.5) is 5.82 Å². The molecule has 0 aliphatic heterocycles. The highest BCUT2D eigenvalue weighted by molar-refractivity contribution is 5.50. The summed E-state index contributed by atoms with van der Waals surface area (Å²) >= 11 is 0. The van der Waals surface area contributed by atoms with Crippen molar-refractivity contribution in [2.45, 2.75) is 44.8 Å². The minimum Gasteiger partial charge on any atom is -0.490 e. The number of anilines is 1. The first-order chi connectivity index (χ1) is 8.31. The summed E-state index contributed by atoms with van der Waals surface area (Å²) in [5, 5.41) is 13.2. The Bertz CT molecular complexity index is 357. The number of rotatable bonds is 4. The highest BCUT2D eigenvalue weighted by Crippen LogP contribution is 2.26. The van der Waals surface area contributed by atoms with E-state index < -0.39 is 0 Å². The monoisotopic (exact) mass is 236 g/mol. The number of hydrogen-bond donors (Lipinski definition) is 2. The van der Waals surface area contributed by atoms with Gasteiger partial charge in [-0.1, -0.05) is 12.8 Å². The minimum atomic E-state index is -0.278. The molecule has 0 bridgehead atoms. The van der Waals surface area contributed by atoms with Gasteiger partial charge in [-0.15, -0.1) is 0 Å². The van der Waals surface area contributed by atoms with Gasteiger partial charge in [-0.2, -0.15) is 0 Å². The molecule has 2 N–H and O–H groups in total. The minimum absolute atomic E-state index is 0.0952. The van der Waals surface area contributed by atoms with Gasteiger partial charge in [-0.3, -0.25) is 0 Å². The molecule has 94 valence electrons. The Morgan fingerprint density at radius 2 is 2.29 bits per heavy atom. The van der Waals surface area contributed by atoms with Crippen LogP contribution in [0.15, 0.2) is 18.3 Å². The first-order valence-corrected chi connectivity index (χ1v) is 6.33. The van der Waals surface area contributed by atoms with Crippen LogP contribution in [0.5, 0.6) is 5.75 Å². The average molecular weight is 236 g/mol. The van der Waals surface area contributed by atoms with E-state index in [1.807, 2.05) is 19.1 Å². The van der Waals surface area contributed by atoms with Crippen molar-refractivity contribution in [3.63, 3.8) is 0 Å². The molecule has 0 amide bonds. The molecular weight excluding hydrogens is 216 g/mol. The van der Waals surface area contributed by atoms with E-state index >= 15 is 0 Å². The van der Waals surface area contributed by atoms with E-state index in [4.69, 9.17) is 4.74 Å². The molecule has 1 aliphatic rings. The molecule has 0 aromatic carbocycles. The van der Waals surface area contributed by atoms with Crippen molar-refractivity contribution in [2.24, 2.45) is 0 Å². The van der Waals surface area contributed by atoms with Gasteiger partial charge in [0.05, 0.1) is 18.8 Å². The van der Waals surface area contributed by atoms with E-state index in [9.17, 15) is 5.11 Å². The van der Waals surface area contributed by atoms with Gasteiger partial charge in [0.2, 0.25) is 0 Å². The summed E-state index contributed by atoms with van der Waals surface area (Å²) in [5.41, 5.74) is 0. The fraction of sp³-hybridized carbons (Fsp3) is 0.615. The second kappa shape index (κ2) is 5.87. The van der Waals surface area contributed by atoms with Crippen LogP contribution in [0.1, 0.15) is 32.6 Å². The van der Waals surface area contributed by atoms with Crippen molar-refractivity contribution >= 4 is 5.82 Å². The van der Waals surface area contributed by atoms with E-state index in [0.29, 0.717) is 6.61 Å². The van der Waals surface area contributed by atoms with Crippen LogP contribution in [-0.4, -0.2) is 28.8 Å². The van der Waals surface area contributed by atoms with E-state index in [2.05, 4.69) is 10.3 Å². The van der Waals surface area contributed by atoms with E-state index in [1.165, 1.54) is 0 Å². The van der Waals surface area contributed by atoms with Crippen LogP contribution in [-0.2, 0) is 0 Å². The SMILES string of the molecule is CCOc1cccnc1NC1CCCCC1O. The molecule has 1 aromatic heterocycles. The number of aromatic nitrogens is 1. The molecule has 2 atom stereocenters. The molecule has 17 heavy (non-hydrogen) atoms. The maximum Gasteiger partial charge on any atom is 0.169 e. The molecule has 2 unspecified atom stereocenters. The standard InChI is InChI=1S/C13H20N2O2/c1-2-17-12-8-5-9-14-13(12)15-10-6-3-4-7-11(10)16/h5,8-11,16H,2-4,6-7H2,1H3,(H,14,15). The molecule has 0 spiro atoms. The zero-order valence-corrected chi connectivity index (χ0v) is 10.2. The van der Waals surface area contributed by atoms with Gasteiger partial charge < -0.3 is 15.2 Å². The third-order valence-electron chi connectivity index (χ3n) is 3.12. The Morgan fingerprint density at radius 1 is 1.47 bits per heavy atom. The zero-order valence-electron chi connectivity index (χ0n) is 10.2. The topological polar surface area (TPSA) is 54.4 Å². The van der Waals surface area contributed by atoms with Crippen LogP contribution in [0, 0.1) is 0 Å². The molecular formula is C13H20N2O2. The molecule has 1 aliphatic carbocycles. The summed E-state index contributed by atoms with van der Waals surface area (Å²) in [7, 11) is 0. The number of nitrogens with zero attached hydrogens (tertiary/aromatic N) is 1. The van der Waals surface area contributed by atoms with Crippen molar-refractivity contribution in [3.8, 4) is 5.75 Å². The maximum absolute atomic E-state index is 9.92. The van der Waals surface area contributed by atoms with Crippen LogP contribution >= 0.6 is 0 Å². The number of nitrogens with one attached hydrogen (secondary N) is 1. The van der Waals surface area contributed by atoms with Gasteiger partial charge in [0.25, 0.3) is 0 Å². The molecule has 1 heterocycles. The third-order valence-corrected chi connectivity index (χ3v) is 3.12. The summed E-state index contributed by atoms with van der Waals surface area (Å²) in [6, 6.07) is 3.85.